The summed E-state index contributed by atoms with van der Waals surface area (Å²) >= 11 is 0. The highest BCUT2D eigenvalue weighted by Crippen LogP contribution is 2.39. The van der Waals surface area contributed by atoms with Crippen LogP contribution < -0.4 is 5.32 Å². The van der Waals surface area contributed by atoms with E-state index >= 15 is 0 Å². The molecule has 2 atom stereocenters. The van der Waals surface area contributed by atoms with Crippen molar-refractivity contribution in [3.8, 4) is 17.3 Å². The summed E-state index contributed by atoms with van der Waals surface area (Å²) < 4.78 is 9.78. The Morgan fingerprint density at radius 3 is 2.74 bits per heavy atom. The molecule has 0 bridgehead atoms. The van der Waals surface area contributed by atoms with Gasteiger partial charge < -0.3 is 19.7 Å². The van der Waals surface area contributed by atoms with Gasteiger partial charge in [-0.1, -0.05) is 39.4 Å². The van der Waals surface area contributed by atoms with Gasteiger partial charge >= 0.3 is 5.97 Å². The lowest BCUT2D eigenvalue weighted by Gasteiger charge is -2.21. The average molecular weight is 538 g/mol. The molecular weight excluding hydrogens is 498 g/mol. The number of hydrogen-bond donors (Lipinski definition) is 2. The molecule has 0 amide bonds. The van der Waals surface area contributed by atoms with Crippen molar-refractivity contribution in [1.29, 1.82) is 5.26 Å². The summed E-state index contributed by atoms with van der Waals surface area (Å²) in [6.45, 7) is 9.92. The molecule has 0 spiro atoms. The molecule has 0 radical (unpaired) electrons. The summed E-state index contributed by atoms with van der Waals surface area (Å²) in [5.74, 6) is -0.109. The number of fused-ring (bicyclic) bond motifs is 1. The topological polar surface area (TPSA) is 131 Å². The van der Waals surface area contributed by atoms with Crippen LogP contribution >= 0.6 is 0 Å². The van der Waals surface area contributed by atoms with Gasteiger partial charge in [0.05, 0.1) is 29.8 Å². The molecule has 10 nitrogen and oxygen atoms in total. The van der Waals surface area contributed by atoms with Crippen molar-refractivity contribution >= 4 is 30.9 Å². The van der Waals surface area contributed by atoms with Gasteiger partial charge in [-0.3, -0.25) is 4.68 Å². The lowest BCUT2D eigenvalue weighted by molar-refractivity contribution is -0.137. The zero-order valence-corrected chi connectivity index (χ0v) is 23.9. The number of nitrogens with zero attached hydrogens (tertiary/aromatic N) is 6. The summed E-state index contributed by atoms with van der Waals surface area (Å²) in [5.41, 5.74) is 2.12. The number of carboxylic acid groups (broad SMARTS) is 1. The van der Waals surface area contributed by atoms with Crippen LogP contribution in [-0.2, 0) is 16.3 Å². The van der Waals surface area contributed by atoms with E-state index in [1.807, 2.05) is 34.6 Å². The van der Waals surface area contributed by atoms with E-state index in [-0.39, 0.29) is 6.04 Å². The smallest absolute Gasteiger partial charge is 0.326 e. The van der Waals surface area contributed by atoms with Crippen LogP contribution in [0.15, 0.2) is 24.8 Å². The predicted octanol–water partition coefficient (Wildman–Crippen LogP) is 5.53. The summed E-state index contributed by atoms with van der Waals surface area (Å²) in [6.07, 6.45) is 10.6. The Hall–Kier alpha value is -3.23. The molecule has 0 aliphatic heterocycles. The van der Waals surface area contributed by atoms with Gasteiger partial charge in [-0.25, -0.2) is 14.8 Å². The van der Waals surface area contributed by atoms with Crippen LogP contribution in [0, 0.1) is 17.2 Å². The predicted molar refractivity (Wildman–Crippen MR) is 149 cm³/mol. The number of carboxylic acids is 1. The van der Waals surface area contributed by atoms with Crippen LogP contribution in [-0.4, -0.2) is 56.1 Å². The van der Waals surface area contributed by atoms with E-state index in [0.29, 0.717) is 49.2 Å². The number of rotatable bonds is 13. The molecule has 3 aromatic heterocycles. The van der Waals surface area contributed by atoms with Crippen molar-refractivity contribution < 1.29 is 14.6 Å². The van der Waals surface area contributed by atoms with Gasteiger partial charge in [-0.15, -0.1) is 0 Å². The lowest BCUT2D eigenvalue weighted by atomic mass is 9.96. The molecule has 1 aliphatic carbocycles. The van der Waals surface area contributed by atoms with Crippen LogP contribution in [0.1, 0.15) is 51.5 Å². The van der Waals surface area contributed by atoms with Gasteiger partial charge in [0, 0.05) is 32.5 Å². The SMILES string of the molecule is CCC(Nc1nn(C(CC#N)C2CCCC2)cc1-c1ncnc2c1ccn2COCC[Si](C)(C)C)C(=O)O. The van der Waals surface area contributed by atoms with Crippen molar-refractivity contribution in [2.24, 2.45) is 5.92 Å². The standard InChI is InChI=1S/C27H39N7O3Si/c1-5-22(27(35)36)31-25-21(16-34(32-25)23(10-12-28)19-8-6-7-9-19)24-20-11-13-33(26(20)30-17-29-24)18-37-14-15-38(2,3)4/h11,13,16-17,19,22-23H,5-10,14-15,18H2,1-4H3,(H,31,32)(H,35,36). The largest absolute Gasteiger partial charge is 0.480 e. The van der Waals surface area contributed by atoms with Crippen LogP contribution in [0.2, 0.25) is 25.7 Å². The van der Waals surface area contributed by atoms with Crippen molar-refractivity contribution in [2.45, 2.75) is 89.9 Å². The third-order valence-corrected chi connectivity index (χ3v) is 9.08. The number of aliphatic carboxylic acids is 1. The highest BCUT2D eigenvalue weighted by Gasteiger charge is 2.30. The zero-order valence-electron chi connectivity index (χ0n) is 22.9. The minimum absolute atomic E-state index is 0.0663. The number of aromatic nitrogens is 5. The van der Waals surface area contributed by atoms with Crippen molar-refractivity contribution in [1.82, 2.24) is 24.3 Å². The van der Waals surface area contributed by atoms with Crippen molar-refractivity contribution in [3.05, 3.63) is 24.8 Å². The van der Waals surface area contributed by atoms with E-state index in [0.717, 1.165) is 42.8 Å². The lowest BCUT2D eigenvalue weighted by Crippen LogP contribution is -2.29. The van der Waals surface area contributed by atoms with Crippen LogP contribution in [0.25, 0.3) is 22.3 Å². The molecule has 1 aliphatic rings. The highest BCUT2D eigenvalue weighted by atomic mass is 28.3. The molecule has 11 heteroatoms. The van der Waals surface area contributed by atoms with E-state index in [1.54, 1.807) is 0 Å². The van der Waals surface area contributed by atoms with Gasteiger partial charge in [0.1, 0.15) is 24.7 Å². The van der Waals surface area contributed by atoms with Crippen LogP contribution in [0.5, 0.6) is 0 Å². The highest BCUT2D eigenvalue weighted by molar-refractivity contribution is 6.76. The van der Waals surface area contributed by atoms with E-state index in [2.05, 4.69) is 41.0 Å². The first-order chi connectivity index (χ1) is 18.2. The fourth-order valence-electron chi connectivity index (χ4n) is 5.12. The second-order valence-electron chi connectivity index (χ2n) is 11.4. The normalized spacial score (nSPS) is 16.0. The summed E-state index contributed by atoms with van der Waals surface area (Å²) in [6, 6.07) is 4.53. The quantitative estimate of drug-likeness (QED) is 0.215. The van der Waals surface area contributed by atoms with E-state index < -0.39 is 20.1 Å². The minimum Gasteiger partial charge on any atom is -0.480 e. The summed E-state index contributed by atoms with van der Waals surface area (Å²) in [7, 11) is -1.18. The first-order valence-corrected chi connectivity index (χ1v) is 17.3. The third-order valence-electron chi connectivity index (χ3n) is 7.37. The van der Waals surface area contributed by atoms with Crippen molar-refractivity contribution in [2.75, 3.05) is 11.9 Å². The Labute approximate surface area is 225 Å². The molecule has 3 heterocycles. The van der Waals surface area contributed by atoms with Crippen molar-refractivity contribution in [3.63, 3.8) is 0 Å². The van der Waals surface area contributed by atoms with Gasteiger partial charge in [-0.05, 0) is 37.3 Å². The molecule has 1 saturated carbocycles. The summed E-state index contributed by atoms with van der Waals surface area (Å²) in [4.78, 5) is 21.0. The fraction of sp³-hybridized carbons (Fsp3) is 0.593. The minimum atomic E-state index is -1.18. The Bertz CT molecular complexity index is 1280. The molecule has 0 aromatic carbocycles. The second kappa shape index (κ2) is 12.1. The first-order valence-electron chi connectivity index (χ1n) is 13.5. The first kappa shape index (κ1) is 27.8. The Kier molecular flexibility index (Phi) is 8.84. The van der Waals surface area contributed by atoms with E-state index in [4.69, 9.17) is 9.84 Å². The van der Waals surface area contributed by atoms with Gasteiger partial charge in [0.25, 0.3) is 0 Å². The molecule has 2 unspecified atom stereocenters. The molecule has 38 heavy (non-hydrogen) atoms. The number of hydrogen-bond acceptors (Lipinski definition) is 7. The molecule has 2 N–H and O–H groups in total. The van der Waals surface area contributed by atoms with Crippen LogP contribution in [0.4, 0.5) is 5.82 Å². The molecule has 4 rings (SSSR count). The molecule has 3 aromatic rings. The number of anilines is 1. The zero-order chi connectivity index (χ0) is 27.3. The van der Waals surface area contributed by atoms with Gasteiger partial charge in [0.15, 0.2) is 5.82 Å². The number of ether oxygens (including phenoxy) is 1. The average Bonchev–Trinajstić information content (AvgIpc) is 3.63. The Balaban J connectivity index is 1.71. The Morgan fingerprint density at radius 2 is 2.08 bits per heavy atom. The number of nitrogens with one attached hydrogen (secondary N) is 1. The Morgan fingerprint density at radius 1 is 1.32 bits per heavy atom. The maximum Gasteiger partial charge on any atom is 0.326 e. The second-order valence-corrected chi connectivity index (χ2v) is 17.0. The number of nitriles is 1. The fourth-order valence-corrected chi connectivity index (χ4v) is 5.88. The van der Waals surface area contributed by atoms with E-state index in [1.165, 1.54) is 6.33 Å². The van der Waals surface area contributed by atoms with Gasteiger partial charge in [-0.2, -0.15) is 10.4 Å². The molecule has 204 valence electrons. The van der Waals surface area contributed by atoms with Crippen LogP contribution in [0.3, 0.4) is 0 Å². The monoisotopic (exact) mass is 537 g/mol. The summed E-state index contributed by atoms with van der Waals surface area (Å²) in [5, 5.41) is 28.1. The maximum absolute atomic E-state index is 11.9. The third kappa shape index (κ3) is 6.42. The number of carbonyl (C=O) groups is 1. The maximum atomic E-state index is 11.9. The molecule has 0 saturated heterocycles. The molecular formula is C27H39N7O3Si. The molecule has 1 fully saturated rings. The van der Waals surface area contributed by atoms with E-state index in [9.17, 15) is 15.2 Å². The van der Waals surface area contributed by atoms with Gasteiger partial charge in [0.2, 0.25) is 0 Å².